The molecule has 4 rings (SSSR count). The summed E-state index contributed by atoms with van der Waals surface area (Å²) in [5.41, 5.74) is 2.17. The van der Waals surface area contributed by atoms with Crippen LogP contribution in [0.5, 0.6) is 0 Å². The van der Waals surface area contributed by atoms with Gasteiger partial charge in [-0.2, -0.15) is 5.10 Å². The highest BCUT2D eigenvalue weighted by Crippen LogP contribution is 2.29. The van der Waals surface area contributed by atoms with Crippen LogP contribution >= 0.6 is 11.3 Å². The van der Waals surface area contributed by atoms with E-state index in [1.165, 1.54) is 30.7 Å². The molecular formula is C20H18N6O3S. The second-order valence-electron chi connectivity index (χ2n) is 6.55. The fraction of sp³-hybridized carbons (Fsp3) is 0.200. The number of ether oxygens (including phenoxy) is 1. The highest BCUT2D eigenvalue weighted by atomic mass is 32.1. The number of thiophene rings is 1. The van der Waals surface area contributed by atoms with Crippen LogP contribution in [-0.4, -0.2) is 42.7 Å². The normalized spacial score (nSPS) is 12.0. The highest BCUT2D eigenvalue weighted by molar-refractivity contribution is 7.13. The Kier molecular flexibility index (Phi) is 5.23. The second-order valence-corrected chi connectivity index (χ2v) is 7.50. The molecular weight excluding hydrogens is 404 g/mol. The fourth-order valence-corrected chi connectivity index (χ4v) is 3.70. The van der Waals surface area contributed by atoms with Gasteiger partial charge in [-0.15, -0.1) is 11.3 Å². The van der Waals surface area contributed by atoms with Crippen LogP contribution in [0.1, 0.15) is 23.0 Å². The van der Waals surface area contributed by atoms with Crippen LogP contribution < -0.4 is 5.32 Å². The van der Waals surface area contributed by atoms with E-state index < -0.39 is 18.0 Å². The maximum absolute atomic E-state index is 13.0. The van der Waals surface area contributed by atoms with E-state index in [1.54, 1.807) is 30.8 Å². The van der Waals surface area contributed by atoms with Crippen molar-refractivity contribution in [3.63, 3.8) is 0 Å². The molecule has 0 saturated heterocycles. The van der Waals surface area contributed by atoms with Crippen molar-refractivity contribution < 1.29 is 14.3 Å². The van der Waals surface area contributed by atoms with Crippen molar-refractivity contribution in [2.45, 2.75) is 20.0 Å². The number of rotatable bonds is 5. The van der Waals surface area contributed by atoms with Crippen molar-refractivity contribution in [3.05, 3.63) is 53.3 Å². The van der Waals surface area contributed by atoms with Gasteiger partial charge >= 0.3 is 5.97 Å². The van der Waals surface area contributed by atoms with E-state index >= 15 is 0 Å². The van der Waals surface area contributed by atoms with Crippen molar-refractivity contribution in [2.75, 3.05) is 5.32 Å². The lowest BCUT2D eigenvalue weighted by Crippen LogP contribution is -2.30. The van der Waals surface area contributed by atoms with Gasteiger partial charge in [0, 0.05) is 19.4 Å². The Morgan fingerprint density at radius 3 is 2.70 bits per heavy atom. The van der Waals surface area contributed by atoms with E-state index in [1.807, 2.05) is 17.5 Å². The summed E-state index contributed by atoms with van der Waals surface area (Å²) in [6, 6.07) is 7.15. The Morgan fingerprint density at radius 2 is 2.00 bits per heavy atom. The van der Waals surface area contributed by atoms with Gasteiger partial charge < -0.3 is 4.74 Å². The van der Waals surface area contributed by atoms with Crippen LogP contribution in [0.3, 0.4) is 0 Å². The minimum atomic E-state index is -1.05. The van der Waals surface area contributed by atoms with Gasteiger partial charge in [-0.1, -0.05) is 6.07 Å². The summed E-state index contributed by atoms with van der Waals surface area (Å²) in [4.78, 5) is 38.8. The molecule has 4 heterocycles. The third kappa shape index (κ3) is 3.77. The third-order valence-corrected chi connectivity index (χ3v) is 5.31. The zero-order valence-corrected chi connectivity index (χ0v) is 17.3. The number of hydrogen-bond donors (Lipinski definition) is 1. The van der Waals surface area contributed by atoms with Gasteiger partial charge in [0.1, 0.15) is 0 Å². The molecule has 0 bridgehead atoms. The molecule has 1 amide bonds. The molecule has 30 heavy (non-hydrogen) atoms. The first kappa shape index (κ1) is 19.6. The van der Waals surface area contributed by atoms with Crippen molar-refractivity contribution in [1.29, 1.82) is 0 Å². The molecule has 10 heteroatoms. The van der Waals surface area contributed by atoms with E-state index in [0.717, 1.165) is 4.88 Å². The zero-order chi connectivity index (χ0) is 21.3. The molecule has 0 spiro atoms. The van der Waals surface area contributed by atoms with Crippen LogP contribution in [-0.2, 0) is 16.6 Å². The van der Waals surface area contributed by atoms with Crippen molar-refractivity contribution in [2.24, 2.45) is 7.05 Å². The molecule has 1 N–H and O–H groups in total. The molecule has 0 aromatic carbocycles. The monoisotopic (exact) mass is 422 g/mol. The van der Waals surface area contributed by atoms with E-state index in [4.69, 9.17) is 4.74 Å². The van der Waals surface area contributed by atoms with E-state index in [-0.39, 0.29) is 5.95 Å². The van der Waals surface area contributed by atoms with Crippen LogP contribution in [0.4, 0.5) is 5.95 Å². The van der Waals surface area contributed by atoms with Gasteiger partial charge in [-0.25, -0.2) is 19.7 Å². The zero-order valence-electron chi connectivity index (χ0n) is 16.5. The number of hydrogen-bond acceptors (Lipinski definition) is 8. The summed E-state index contributed by atoms with van der Waals surface area (Å²) in [5, 5.41) is 9.43. The minimum absolute atomic E-state index is 0.139. The number of pyridine rings is 1. The predicted molar refractivity (Wildman–Crippen MR) is 112 cm³/mol. The van der Waals surface area contributed by atoms with Crippen LogP contribution in [0.15, 0.2) is 42.0 Å². The number of nitrogens with zero attached hydrogens (tertiary/aromatic N) is 5. The molecule has 0 aliphatic carbocycles. The van der Waals surface area contributed by atoms with E-state index in [9.17, 15) is 9.59 Å². The van der Waals surface area contributed by atoms with E-state index in [0.29, 0.717) is 28.0 Å². The van der Waals surface area contributed by atoms with Crippen molar-refractivity contribution >= 4 is 40.2 Å². The van der Waals surface area contributed by atoms with Gasteiger partial charge in [0.15, 0.2) is 11.8 Å². The molecule has 9 nitrogen and oxygen atoms in total. The number of aryl methyl sites for hydroxylation is 2. The summed E-state index contributed by atoms with van der Waals surface area (Å²) < 4.78 is 7.07. The maximum atomic E-state index is 13.0. The lowest BCUT2D eigenvalue weighted by Gasteiger charge is -2.13. The lowest BCUT2D eigenvalue weighted by atomic mass is 10.1. The van der Waals surface area contributed by atoms with Crippen molar-refractivity contribution in [1.82, 2.24) is 24.7 Å². The summed E-state index contributed by atoms with van der Waals surface area (Å²) in [7, 11) is 1.77. The Labute approximate surface area is 175 Å². The van der Waals surface area contributed by atoms with Gasteiger partial charge in [0.2, 0.25) is 5.95 Å². The Bertz CT molecular complexity index is 1220. The number of amides is 1. The molecule has 0 aliphatic rings. The van der Waals surface area contributed by atoms with Crippen LogP contribution in [0.2, 0.25) is 0 Å². The molecule has 0 radical (unpaired) electrons. The van der Waals surface area contributed by atoms with Crippen LogP contribution in [0.25, 0.3) is 21.6 Å². The quantitative estimate of drug-likeness (QED) is 0.492. The molecule has 0 saturated carbocycles. The smallest absolute Gasteiger partial charge is 0.339 e. The average Bonchev–Trinajstić information content (AvgIpc) is 3.37. The lowest BCUT2D eigenvalue weighted by molar-refractivity contribution is -0.123. The van der Waals surface area contributed by atoms with E-state index in [2.05, 4.69) is 25.4 Å². The molecule has 0 aliphatic heterocycles. The number of nitrogens with one attached hydrogen (secondary N) is 1. The van der Waals surface area contributed by atoms with Gasteiger partial charge in [0.05, 0.1) is 27.2 Å². The molecule has 1 atom stereocenters. The summed E-state index contributed by atoms with van der Waals surface area (Å²) >= 11 is 1.52. The Hall–Kier alpha value is -3.66. The number of esters is 1. The number of carbonyl (C=O) groups is 2. The first-order valence-corrected chi connectivity index (χ1v) is 9.99. The first-order valence-electron chi connectivity index (χ1n) is 9.11. The fourth-order valence-electron chi connectivity index (χ4n) is 3.01. The summed E-state index contributed by atoms with van der Waals surface area (Å²) in [5.74, 6) is -1.02. The summed E-state index contributed by atoms with van der Waals surface area (Å²) in [6.07, 6.45) is 1.96. The SMILES string of the molecule is Cc1nn(C)c2nc(-c3cccs3)cc(C(=O)OC(C)C(=O)Nc3ncccn3)c12. The van der Waals surface area contributed by atoms with Crippen LogP contribution in [0, 0.1) is 6.92 Å². The average molecular weight is 422 g/mol. The molecule has 1 unspecified atom stereocenters. The number of fused-ring (bicyclic) bond motifs is 1. The van der Waals surface area contributed by atoms with Gasteiger partial charge in [0.25, 0.3) is 5.91 Å². The molecule has 0 fully saturated rings. The molecule has 4 aromatic heterocycles. The third-order valence-electron chi connectivity index (χ3n) is 4.42. The Balaban J connectivity index is 1.64. The first-order chi connectivity index (χ1) is 14.4. The predicted octanol–water partition coefficient (Wildman–Crippen LogP) is 2.98. The van der Waals surface area contributed by atoms with Crippen molar-refractivity contribution in [3.8, 4) is 10.6 Å². The topological polar surface area (TPSA) is 112 Å². The standard InChI is InChI=1S/C20H18N6O3S/c1-11-16-13(10-14(15-6-4-9-30-15)23-17(16)26(3)25-11)19(28)29-12(2)18(27)24-20-21-7-5-8-22-20/h4-10,12H,1-3H3,(H,21,22,24,27). The maximum Gasteiger partial charge on any atom is 0.339 e. The number of carbonyl (C=O) groups excluding carboxylic acids is 2. The molecule has 152 valence electrons. The van der Waals surface area contributed by atoms with Gasteiger partial charge in [-0.05, 0) is 37.4 Å². The Morgan fingerprint density at radius 1 is 1.23 bits per heavy atom. The highest BCUT2D eigenvalue weighted by Gasteiger charge is 2.24. The molecule has 4 aromatic rings. The number of aromatic nitrogens is 5. The summed E-state index contributed by atoms with van der Waals surface area (Å²) in [6.45, 7) is 3.29. The largest absolute Gasteiger partial charge is 0.449 e. The second kappa shape index (κ2) is 7.99. The number of anilines is 1. The van der Waals surface area contributed by atoms with Gasteiger partial charge in [-0.3, -0.25) is 14.8 Å². The minimum Gasteiger partial charge on any atom is -0.449 e.